The van der Waals surface area contributed by atoms with E-state index in [0.29, 0.717) is 0 Å². The van der Waals surface area contributed by atoms with Crippen LogP contribution in [0.15, 0.2) is 24.0 Å². The van der Waals surface area contributed by atoms with E-state index in [0.717, 1.165) is 30.6 Å². The van der Waals surface area contributed by atoms with Crippen LogP contribution in [0.4, 0.5) is 0 Å². The number of hydrogen-bond donors (Lipinski definition) is 0. The van der Waals surface area contributed by atoms with Crippen LogP contribution in [0.3, 0.4) is 0 Å². The lowest BCUT2D eigenvalue weighted by molar-refractivity contribution is -0.136. The molecule has 0 fully saturated rings. The van der Waals surface area contributed by atoms with Crippen molar-refractivity contribution in [2.45, 2.75) is 40.0 Å². The molecular formula is C11H18O2. The molecular weight excluding hydrogens is 164 g/mol. The summed E-state index contributed by atoms with van der Waals surface area (Å²) in [6.45, 7) is 8.88. The van der Waals surface area contributed by atoms with Crippen molar-refractivity contribution in [3.05, 3.63) is 24.0 Å². The molecule has 0 saturated heterocycles. The van der Waals surface area contributed by atoms with E-state index in [2.05, 4.69) is 6.58 Å². The molecule has 0 N–H and O–H groups in total. The first-order valence-corrected chi connectivity index (χ1v) is 4.53. The van der Waals surface area contributed by atoms with Crippen LogP contribution in [0.1, 0.15) is 40.0 Å². The fraction of sp³-hybridized carbons (Fsp3) is 0.545. The van der Waals surface area contributed by atoms with Gasteiger partial charge in [0.2, 0.25) is 0 Å². The molecule has 0 heterocycles. The predicted molar refractivity (Wildman–Crippen MR) is 54.2 cm³/mol. The molecule has 0 radical (unpaired) electrons. The smallest absolute Gasteiger partial charge is 0.307 e. The summed E-state index contributed by atoms with van der Waals surface area (Å²) in [6.07, 6.45) is 4.93. The maximum absolute atomic E-state index is 10.6. The van der Waals surface area contributed by atoms with E-state index in [1.165, 1.54) is 6.92 Å². The lowest BCUT2D eigenvalue weighted by Crippen LogP contribution is -1.98. The van der Waals surface area contributed by atoms with E-state index in [9.17, 15) is 4.79 Å². The van der Waals surface area contributed by atoms with Crippen LogP contribution in [-0.4, -0.2) is 5.97 Å². The van der Waals surface area contributed by atoms with Gasteiger partial charge in [0.25, 0.3) is 0 Å². The van der Waals surface area contributed by atoms with Crippen LogP contribution in [0, 0.1) is 0 Å². The van der Waals surface area contributed by atoms with E-state index in [1.54, 1.807) is 0 Å². The lowest BCUT2D eigenvalue weighted by atomic mass is 10.1. The quantitative estimate of drug-likeness (QED) is 0.282. The molecule has 0 atom stereocenters. The van der Waals surface area contributed by atoms with E-state index >= 15 is 0 Å². The van der Waals surface area contributed by atoms with Gasteiger partial charge in [-0.3, -0.25) is 4.79 Å². The molecule has 0 aliphatic carbocycles. The zero-order valence-corrected chi connectivity index (χ0v) is 8.72. The van der Waals surface area contributed by atoms with Crippen LogP contribution in [0.25, 0.3) is 0 Å². The Bertz CT molecular complexity index is 214. The number of carbonyl (C=O) groups is 1. The van der Waals surface area contributed by atoms with E-state index in [1.807, 2.05) is 19.9 Å². The molecule has 74 valence electrons. The van der Waals surface area contributed by atoms with Gasteiger partial charge in [0, 0.05) is 6.92 Å². The summed E-state index contributed by atoms with van der Waals surface area (Å²) in [5, 5.41) is 0. The van der Waals surface area contributed by atoms with Crippen molar-refractivity contribution in [2.75, 3.05) is 0 Å². The highest BCUT2D eigenvalue weighted by Crippen LogP contribution is 2.12. The Balaban J connectivity index is 3.95. The topological polar surface area (TPSA) is 26.3 Å². The third-order valence-corrected chi connectivity index (χ3v) is 1.86. The highest BCUT2D eigenvalue weighted by Gasteiger charge is 2.00. The fourth-order valence-corrected chi connectivity index (χ4v) is 0.990. The van der Waals surface area contributed by atoms with Gasteiger partial charge in [-0.15, -0.1) is 6.58 Å². The maximum Gasteiger partial charge on any atom is 0.307 e. The van der Waals surface area contributed by atoms with Crippen LogP contribution < -0.4 is 0 Å². The van der Waals surface area contributed by atoms with Crippen molar-refractivity contribution < 1.29 is 9.53 Å². The molecule has 0 amide bonds. The largest absolute Gasteiger partial charge is 0.432 e. The van der Waals surface area contributed by atoms with Crippen molar-refractivity contribution in [3.63, 3.8) is 0 Å². The molecule has 0 aromatic heterocycles. The Morgan fingerprint density at radius 2 is 2.00 bits per heavy atom. The molecule has 13 heavy (non-hydrogen) atoms. The number of unbranched alkanes of at least 4 members (excludes halogenated alkanes) is 1. The average Bonchev–Trinajstić information content (AvgIpc) is 2.03. The van der Waals surface area contributed by atoms with Gasteiger partial charge in [0.05, 0.1) is 0 Å². The standard InChI is InChI=1S/C11H18O2/c1-5-6-7-8-9(2)10(3)13-11(4)12/h5H,1,6-8H2,2-4H3. The highest BCUT2D eigenvalue weighted by atomic mass is 16.5. The highest BCUT2D eigenvalue weighted by molar-refractivity contribution is 5.67. The first kappa shape index (κ1) is 11.9. The van der Waals surface area contributed by atoms with Gasteiger partial charge >= 0.3 is 5.97 Å². The molecule has 0 rings (SSSR count). The Morgan fingerprint density at radius 1 is 1.38 bits per heavy atom. The zero-order valence-electron chi connectivity index (χ0n) is 8.72. The molecule has 0 spiro atoms. The Morgan fingerprint density at radius 3 is 2.46 bits per heavy atom. The summed E-state index contributed by atoms with van der Waals surface area (Å²) in [4.78, 5) is 10.6. The second kappa shape index (κ2) is 6.46. The number of esters is 1. The number of rotatable bonds is 5. The van der Waals surface area contributed by atoms with Crippen LogP contribution >= 0.6 is 0 Å². The van der Waals surface area contributed by atoms with Crippen LogP contribution in [-0.2, 0) is 9.53 Å². The summed E-state index contributed by atoms with van der Waals surface area (Å²) >= 11 is 0. The van der Waals surface area contributed by atoms with Gasteiger partial charge in [0.15, 0.2) is 0 Å². The second-order valence-corrected chi connectivity index (χ2v) is 3.11. The minimum atomic E-state index is -0.249. The van der Waals surface area contributed by atoms with Crippen molar-refractivity contribution in [3.8, 4) is 0 Å². The first-order chi connectivity index (χ1) is 6.07. The zero-order chi connectivity index (χ0) is 10.3. The lowest BCUT2D eigenvalue weighted by Gasteiger charge is -2.06. The van der Waals surface area contributed by atoms with Gasteiger partial charge < -0.3 is 4.74 Å². The third-order valence-electron chi connectivity index (χ3n) is 1.86. The monoisotopic (exact) mass is 182 g/mol. The van der Waals surface area contributed by atoms with Crippen molar-refractivity contribution in [2.24, 2.45) is 0 Å². The summed E-state index contributed by atoms with van der Waals surface area (Å²) in [7, 11) is 0. The van der Waals surface area contributed by atoms with Crippen LogP contribution in [0.2, 0.25) is 0 Å². The molecule has 2 nitrogen and oxygen atoms in total. The number of carbonyl (C=O) groups excluding carboxylic acids is 1. The Labute approximate surface area is 80.3 Å². The molecule has 0 aliphatic rings. The predicted octanol–water partition coefficient (Wildman–Crippen LogP) is 3.20. The fourth-order valence-electron chi connectivity index (χ4n) is 0.990. The normalized spacial score (nSPS) is 11.9. The van der Waals surface area contributed by atoms with Crippen molar-refractivity contribution >= 4 is 5.97 Å². The SMILES string of the molecule is C=CCCCC(C)=C(C)OC(C)=O. The van der Waals surface area contributed by atoms with Gasteiger partial charge in [0.1, 0.15) is 5.76 Å². The minimum absolute atomic E-state index is 0.249. The minimum Gasteiger partial charge on any atom is -0.432 e. The van der Waals surface area contributed by atoms with Gasteiger partial charge in [-0.1, -0.05) is 6.08 Å². The van der Waals surface area contributed by atoms with Gasteiger partial charge in [-0.2, -0.15) is 0 Å². The molecule has 0 aliphatic heterocycles. The number of ether oxygens (including phenoxy) is 1. The molecule has 0 bridgehead atoms. The maximum atomic E-state index is 10.6. The Kier molecular flexibility index (Phi) is 5.94. The first-order valence-electron chi connectivity index (χ1n) is 4.53. The number of hydrogen-bond acceptors (Lipinski definition) is 2. The second-order valence-electron chi connectivity index (χ2n) is 3.11. The van der Waals surface area contributed by atoms with Crippen molar-refractivity contribution in [1.82, 2.24) is 0 Å². The van der Waals surface area contributed by atoms with Crippen molar-refractivity contribution in [1.29, 1.82) is 0 Å². The van der Waals surface area contributed by atoms with Crippen LogP contribution in [0.5, 0.6) is 0 Å². The van der Waals surface area contributed by atoms with E-state index in [4.69, 9.17) is 4.74 Å². The average molecular weight is 182 g/mol. The molecule has 0 unspecified atom stereocenters. The summed E-state index contributed by atoms with van der Waals surface area (Å²) in [5.41, 5.74) is 1.14. The molecule has 0 saturated carbocycles. The van der Waals surface area contributed by atoms with Gasteiger partial charge in [-0.25, -0.2) is 0 Å². The Hall–Kier alpha value is -1.05. The molecule has 0 aromatic rings. The van der Waals surface area contributed by atoms with Gasteiger partial charge in [-0.05, 0) is 38.7 Å². The summed E-state index contributed by atoms with van der Waals surface area (Å²) < 4.78 is 4.96. The van der Waals surface area contributed by atoms with E-state index in [-0.39, 0.29) is 5.97 Å². The van der Waals surface area contributed by atoms with E-state index < -0.39 is 0 Å². The summed E-state index contributed by atoms with van der Waals surface area (Å²) in [5.74, 6) is 0.483. The number of allylic oxidation sites excluding steroid dienone is 3. The molecule has 2 heteroatoms. The molecule has 0 aromatic carbocycles. The summed E-state index contributed by atoms with van der Waals surface area (Å²) in [6, 6.07) is 0. The third kappa shape index (κ3) is 6.14.